The number of benzene rings is 2. The molecule has 0 spiro atoms. The van der Waals surface area contributed by atoms with Gasteiger partial charge in [0.05, 0.1) is 30.6 Å². The number of aromatic nitrogens is 2. The molecule has 188 valence electrons. The molecule has 2 aliphatic rings. The van der Waals surface area contributed by atoms with Crippen molar-refractivity contribution in [2.45, 2.75) is 39.5 Å². The number of morpholine rings is 1. The van der Waals surface area contributed by atoms with Crippen LogP contribution in [0.25, 0.3) is 11.3 Å². The van der Waals surface area contributed by atoms with Crippen molar-refractivity contribution in [2.24, 2.45) is 0 Å². The molecule has 2 aromatic heterocycles. The lowest BCUT2D eigenvalue weighted by Crippen LogP contribution is -2.36. The van der Waals surface area contributed by atoms with E-state index in [0.29, 0.717) is 13.2 Å². The summed E-state index contributed by atoms with van der Waals surface area (Å²) in [5, 5.41) is 3.60. The van der Waals surface area contributed by atoms with Crippen LogP contribution in [-0.2, 0) is 4.74 Å². The average Bonchev–Trinajstić information content (AvgIpc) is 2.91. The van der Waals surface area contributed by atoms with Crippen LogP contribution in [0.4, 0.5) is 11.4 Å². The number of hydrogen-bond donors (Lipinski definition) is 2. The van der Waals surface area contributed by atoms with Gasteiger partial charge in [-0.05, 0) is 61.9 Å². The van der Waals surface area contributed by atoms with Crippen LogP contribution in [0.2, 0.25) is 0 Å². The Morgan fingerprint density at radius 3 is 2.70 bits per heavy atom. The fourth-order valence-electron chi connectivity index (χ4n) is 4.70. The highest BCUT2D eigenvalue weighted by Crippen LogP contribution is 2.52. The Morgan fingerprint density at radius 2 is 1.86 bits per heavy atom. The number of hydrogen-bond acceptors (Lipinski definition) is 7. The maximum atomic E-state index is 12.6. The molecule has 6 rings (SSSR count). The largest absolute Gasteiger partial charge is 0.378 e. The van der Waals surface area contributed by atoms with E-state index >= 15 is 0 Å². The number of nitrogens with zero attached hydrogens (tertiary/aromatic N) is 2. The van der Waals surface area contributed by atoms with Crippen molar-refractivity contribution < 1.29 is 4.74 Å². The van der Waals surface area contributed by atoms with Gasteiger partial charge in [-0.3, -0.25) is 9.78 Å². The van der Waals surface area contributed by atoms with Crippen LogP contribution >= 0.6 is 23.5 Å². The van der Waals surface area contributed by atoms with Crippen molar-refractivity contribution in [1.82, 2.24) is 9.97 Å². The first-order valence-corrected chi connectivity index (χ1v) is 14.1. The molecular weight excluding hydrogens is 500 g/mol. The van der Waals surface area contributed by atoms with E-state index in [1.807, 2.05) is 12.3 Å². The van der Waals surface area contributed by atoms with Crippen molar-refractivity contribution in [1.29, 1.82) is 0 Å². The van der Waals surface area contributed by atoms with Gasteiger partial charge in [-0.15, -0.1) is 0 Å². The van der Waals surface area contributed by atoms with Crippen LogP contribution in [0, 0.1) is 6.92 Å². The first kappa shape index (κ1) is 24.2. The smallest absolute Gasteiger partial charge is 0.250 e. The third-order valence-electron chi connectivity index (χ3n) is 6.61. The summed E-state index contributed by atoms with van der Waals surface area (Å²) < 4.78 is 5.49. The van der Waals surface area contributed by atoms with Crippen molar-refractivity contribution in [2.75, 3.05) is 36.5 Å². The van der Waals surface area contributed by atoms with Crippen LogP contribution in [-0.4, -0.2) is 36.3 Å². The molecule has 0 aliphatic carbocycles. The number of H-pyrrole nitrogens is 1. The SMILES string of the molecule is Cc1ccnc(C(C)Nc2ccc3c(c2)Sc2cccc(-c4cc(N5CCOCC5)cc(=O)[nH]4)c2S3)c1. The number of rotatable bonds is 5. The van der Waals surface area contributed by atoms with Crippen molar-refractivity contribution >= 4 is 34.9 Å². The minimum atomic E-state index is -0.0848. The molecule has 0 bridgehead atoms. The minimum absolute atomic E-state index is 0.0848. The lowest BCUT2D eigenvalue weighted by Gasteiger charge is -2.29. The van der Waals surface area contributed by atoms with Gasteiger partial charge < -0.3 is 19.9 Å². The number of aryl methyl sites for hydroxylation is 1. The van der Waals surface area contributed by atoms with Crippen LogP contribution in [0.1, 0.15) is 24.2 Å². The first-order valence-electron chi connectivity index (χ1n) is 12.4. The molecule has 1 fully saturated rings. The van der Waals surface area contributed by atoms with E-state index in [4.69, 9.17) is 4.74 Å². The molecule has 8 heteroatoms. The van der Waals surface area contributed by atoms with E-state index in [2.05, 4.69) is 82.6 Å². The zero-order chi connectivity index (χ0) is 25.4. The fraction of sp³-hybridized carbons (Fsp3) is 0.241. The Hall–Kier alpha value is -3.20. The summed E-state index contributed by atoms with van der Waals surface area (Å²) in [7, 11) is 0. The van der Waals surface area contributed by atoms with Crippen LogP contribution in [0.15, 0.2) is 91.2 Å². The van der Waals surface area contributed by atoms with E-state index in [-0.39, 0.29) is 11.6 Å². The zero-order valence-electron chi connectivity index (χ0n) is 20.8. The quantitative estimate of drug-likeness (QED) is 0.275. The highest BCUT2D eigenvalue weighted by Gasteiger charge is 2.22. The molecule has 1 unspecified atom stereocenters. The summed E-state index contributed by atoms with van der Waals surface area (Å²) in [6, 6.07) is 20.9. The van der Waals surface area contributed by atoms with Gasteiger partial charge in [0.1, 0.15) is 0 Å². The summed E-state index contributed by atoms with van der Waals surface area (Å²) >= 11 is 3.53. The molecule has 37 heavy (non-hydrogen) atoms. The normalized spacial score (nSPS) is 15.6. The molecule has 4 heterocycles. The van der Waals surface area contributed by atoms with Crippen molar-refractivity contribution in [3.8, 4) is 11.3 Å². The van der Waals surface area contributed by atoms with Gasteiger partial charge in [0, 0.05) is 61.9 Å². The predicted molar refractivity (Wildman–Crippen MR) is 151 cm³/mol. The summed E-state index contributed by atoms with van der Waals surface area (Å²) in [5.74, 6) is 0. The number of aromatic amines is 1. The second kappa shape index (κ2) is 10.3. The number of ether oxygens (including phenoxy) is 1. The molecule has 2 aromatic carbocycles. The second-order valence-corrected chi connectivity index (χ2v) is 11.5. The van der Waals surface area contributed by atoms with Crippen LogP contribution < -0.4 is 15.8 Å². The summed E-state index contributed by atoms with van der Waals surface area (Å²) in [6.45, 7) is 7.18. The standard InChI is InChI=1S/C29H28N4O2S2/c1-18-8-9-30-23(14-18)19(2)31-20-6-7-25-27(15-20)36-26-5-3-4-22(29(26)37-25)24-16-21(17-28(34)32-24)33-10-12-35-13-11-33/h3-9,14-17,19,31H,10-13H2,1-2H3,(H,32,34). The van der Waals surface area contributed by atoms with E-state index < -0.39 is 0 Å². The number of anilines is 2. The van der Waals surface area contributed by atoms with Gasteiger partial charge in [-0.1, -0.05) is 35.7 Å². The molecule has 0 radical (unpaired) electrons. The Balaban J connectivity index is 1.27. The maximum absolute atomic E-state index is 12.6. The Labute approximate surface area is 224 Å². The van der Waals surface area contributed by atoms with E-state index in [1.54, 1.807) is 29.6 Å². The van der Waals surface area contributed by atoms with Gasteiger partial charge in [0.2, 0.25) is 5.56 Å². The molecule has 4 aromatic rings. The lowest BCUT2D eigenvalue weighted by molar-refractivity contribution is 0.122. The topological polar surface area (TPSA) is 70.2 Å². The second-order valence-electron chi connectivity index (χ2n) is 9.34. The summed E-state index contributed by atoms with van der Waals surface area (Å²) in [6.07, 6.45) is 1.86. The molecule has 2 N–H and O–H groups in total. The highest BCUT2D eigenvalue weighted by molar-refractivity contribution is 8.05. The molecule has 6 nitrogen and oxygen atoms in total. The highest BCUT2D eigenvalue weighted by atomic mass is 32.2. The van der Waals surface area contributed by atoms with Crippen molar-refractivity contribution in [3.05, 3.63) is 88.5 Å². The number of fused-ring (bicyclic) bond motifs is 2. The molecule has 2 aliphatic heterocycles. The van der Waals surface area contributed by atoms with Gasteiger partial charge in [0.25, 0.3) is 0 Å². The first-order chi connectivity index (χ1) is 18.0. The third-order valence-corrected chi connectivity index (χ3v) is 9.21. The molecular formula is C29H28N4O2S2. The summed E-state index contributed by atoms with van der Waals surface area (Å²) in [5.41, 5.74) is 6.07. The molecule has 0 amide bonds. The van der Waals surface area contributed by atoms with Crippen molar-refractivity contribution in [3.63, 3.8) is 0 Å². The van der Waals surface area contributed by atoms with E-state index in [9.17, 15) is 4.79 Å². The van der Waals surface area contributed by atoms with E-state index in [1.165, 1.54) is 25.1 Å². The summed E-state index contributed by atoms with van der Waals surface area (Å²) in [4.78, 5) is 27.2. The number of pyridine rings is 2. The van der Waals surface area contributed by atoms with Gasteiger partial charge in [0.15, 0.2) is 0 Å². The van der Waals surface area contributed by atoms with E-state index in [0.717, 1.165) is 41.4 Å². The molecule has 1 saturated heterocycles. The monoisotopic (exact) mass is 528 g/mol. The van der Waals surface area contributed by atoms with Crippen LogP contribution in [0.3, 0.4) is 0 Å². The Bertz CT molecular complexity index is 1510. The third kappa shape index (κ3) is 5.14. The maximum Gasteiger partial charge on any atom is 0.250 e. The molecule has 1 atom stereocenters. The minimum Gasteiger partial charge on any atom is -0.378 e. The zero-order valence-corrected chi connectivity index (χ0v) is 22.4. The van der Waals surface area contributed by atoms with Gasteiger partial charge in [-0.2, -0.15) is 0 Å². The Morgan fingerprint density at radius 1 is 1.00 bits per heavy atom. The fourth-order valence-corrected chi connectivity index (χ4v) is 7.12. The van der Waals surface area contributed by atoms with Gasteiger partial charge >= 0.3 is 0 Å². The predicted octanol–water partition coefficient (Wildman–Crippen LogP) is 6.37. The average molecular weight is 529 g/mol. The Kier molecular flexibility index (Phi) is 6.71. The molecule has 0 saturated carbocycles. The van der Waals surface area contributed by atoms with Gasteiger partial charge in [-0.25, -0.2) is 0 Å². The number of nitrogens with one attached hydrogen (secondary N) is 2. The van der Waals surface area contributed by atoms with Crippen LogP contribution in [0.5, 0.6) is 0 Å². The lowest BCUT2D eigenvalue weighted by atomic mass is 10.1.